The number of carboxylic acid groups (broad SMARTS) is 2. The Morgan fingerprint density at radius 1 is 1.00 bits per heavy atom. The number of rotatable bonds is 0. The molecular weight excluding hydrogens is 196 g/mol. The van der Waals surface area contributed by atoms with Gasteiger partial charge in [-0.15, -0.1) is 0 Å². The smallest absolute Gasteiger partial charge is 0.543 e. The van der Waals surface area contributed by atoms with Crippen LogP contribution in [0.3, 0.4) is 0 Å². The molecular formula is C2AgO4. The van der Waals surface area contributed by atoms with Gasteiger partial charge in [0.1, 0.15) is 0 Å². The minimum Gasteiger partial charge on any atom is -0.543 e. The van der Waals surface area contributed by atoms with Gasteiger partial charge in [0, 0.05) is 0 Å². The molecule has 0 bridgehead atoms. The van der Waals surface area contributed by atoms with E-state index in [9.17, 15) is 0 Å². The number of hydrogen-bond acceptors (Lipinski definition) is 4. The van der Waals surface area contributed by atoms with Crippen LogP contribution in [0.25, 0.3) is 0 Å². The molecule has 0 aliphatic rings. The Bertz CT molecular complexity index is 75.7. The summed E-state index contributed by atoms with van der Waals surface area (Å²) in [6.45, 7) is 0. The molecule has 5 heteroatoms. The van der Waals surface area contributed by atoms with Crippen molar-refractivity contribution >= 4 is 11.9 Å². The quantitative estimate of drug-likeness (QED) is 0.297. The Hall–Kier alpha value is -0.320. The normalized spacial score (nSPS) is 6.29. The van der Waals surface area contributed by atoms with Crippen molar-refractivity contribution in [3.63, 3.8) is 0 Å². The molecule has 0 unspecified atom stereocenters. The maximum absolute atomic E-state index is 8.93. The van der Waals surface area contributed by atoms with Gasteiger partial charge in [-0.25, -0.2) is 0 Å². The molecule has 0 aliphatic carbocycles. The first-order valence-corrected chi connectivity index (χ1v) is 1.07. The minimum absolute atomic E-state index is 0. The number of aliphatic carboxylic acids is 2. The third-order valence-corrected chi connectivity index (χ3v) is 0.167. The fourth-order valence-corrected chi connectivity index (χ4v) is 0. The first-order valence-electron chi connectivity index (χ1n) is 1.07. The molecule has 0 N–H and O–H groups in total. The van der Waals surface area contributed by atoms with Gasteiger partial charge in [-0.2, -0.15) is 0 Å². The van der Waals surface area contributed by atoms with Gasteiger partial charge in [0.25, 0.3) is 0 Å². The van der Waals surface area contributed by atoms with E-state index in [1.807, 2.05) is 0 Å². The van der Waals surface area contributed by atoms with E-state index in [1.165, 1.54) is 0 Å². The Kier molecular flexibility index (Phi) is 5.42. The van der Waals surface area contributed by atoms with Gasteiger partial charge in [0.2, 0.25) is 0 Å². The molecule has 0 aliphatic heterocycles. The van der Waals surface area contributed by atoms with Gasteiger partial charge >= 0.3 is 22.4 Å². The van der Waals surface area contributed by atoms with Crippen LogP contribution in [0.5, 0.6) is 0 Å². The van der Waals surface area contributed by atoms with E-state index in [2.05, 4.69) is 0 Å². The summed E-state index contributed by atoms with van der Waals surface area (Å²) in [5, 5.41) is 17.9. The van der Waals surface area contributed by atoms with Crippen LogP contribution in [0, 0.1) is 0 Å². The van der Waals surface area contributed by atoms with E-state index in [1.54, 1.807) is 0 Å². The topological polar surface area (TPSA) is 80.3 Å². The average molecular weight is 196 g/mol. The molecule has 43 valence electrons. The summed E-state index contributed by atoms with van der Waals surface area (Å²) in [6, 6.07) is 0. The van der Waals surface area contributed by atoms with E-state index < -0.39 is 11.9 Å². The van der Waals surface area contributed by atoms with E-state index in [-0.39, 0.29) is 22.4 Å². The standard InChI is InChI=1S/C2H2O4.Ag/c3-1(4)2(5)6;/h(H,3,4)(H,5,6);/q;+2/p-2. The van der Waals surface area contributed by atoms with Gasteiger partial charge in [-0.3, -0.25) is 0 Å². The first kappa shape index (κ1) is 9.84. The second-order valence-corrected chi connectivity index (χ2v) is 0.575. The van der Waals surface area contributed by atoms with E-state index >= 15 is 0 Å². The van der Waals surface area contributed by atoms with Crippen LogP contribution in [0.1, 0.15) is 0 Å². The van der Waals surface area contributed by atoms with Crippen LogP contribution in [0.2, 0.25) is 0 Å². The zero-order valence-electron chi connectivity index (χ0n) is 2.93. The Morgan fingerprint density at radius 3 is 1.14 bits per heavy atom. The van der Waals surface area contributed by atoms with Crippen LogP contribution in [-0.2, 0) is 32.0 Å². The summed E-state index contributed by atoms with van der Waals surface area (Å²) >= 11 is 0. The van der Waals surface area contributed by atoms with Gasteiger partial charge in [-0.05, 0) is 0 Å². The molecule has 0 atom stereocenters. The molecule has 0 aromatic carbocycles. The van der Waals surface area contributed by atoms with Crippen LogP contribution in [0.4, 0.5) is 0 Å². The maximum Gasteiger partial charge on any atom is 2.00 e. The summed E-state index contributed by atoms with van der Waals surface area (Å²) in [5.74, 6) is -4.37. The van der Waals surface area contributed by atoms with E-state index in [4.69, 9.17) is 19.8 Å². The third-order valence-electron chi connectivity index (χ3n) is 0.167. The predicted molar refractivity (Wildman–Crippen MR) is 10.0 cm³/mol. The number of carbonyl (C=O) groups excluding carboxylic acids is 2. The monoisotopic (exact) mass is 195 g/mol. The molecule has 0 rings (SSSR count). The van der Waals surface area contributed by atoms with Crippen molar-refractivity contribution in [3.8, 4) is 0 Å². The average Bonchev–Trinajstić information content (AvgIpc) is 1.36. The van der Waals surface area contributed by atoms with Crippen molar-refractivity contribution in [1.82, 2.24) is 0 Å². The van der Waals surface area contributed by atoms with Crippen molar-refractivity contribution < 1.29 is 42.2 Å². The summed E-state index contributed by atoms with van der Waals surface area (Å²) in [6.07, 6.45) is 0. The largest absolute Gasteiger partial charge is 2.00 e. The summed E-state index contributed by atoms with van der Waals surface area (Å²) in [5.41, 5.74) is 0. The number of carboxylic acids is 2. The van der Waals surface area contributed by atoms with E-state index in [0.29, 0.717) is 0 Å². The van der Waals surface area contributed by atoms with Crippen molar-refractivity contribution in [2.75, 3.05) is 0 Å². The second-order valence-electron chi connectivity index (χ2n) is 0.575. The minimum atomic E-state index is -2.19. The number of carbonyl (C=O) groups is 2. The van der Waals surface area contributed by atoms with E-state index in [0.717, 1.165) is 0 Å². The summed E-state index contributed by atoms with van der Waals surface area (Å²) in [4.78, 5) is 17.9. The van der Waals surface area contributed by atoms with Gasteiger partial charge in [-0.1, -0.05) is 0 Å². The zero-order valence-corrected chi connectivity index (χ0v) is 4.42. The van der Waals surface area contributed by atoms with Crippen molar-refractivity contribution in [1.29, 1.82) is 0 Å². The molecule has 4 nitrogen and oxygen atoms in total. The van der Waals surface area contributed by atoms with Gasteiger partial charge in [0.15, 0.2) is 0 Å². The zero-order chi connectivity index (χ0) is 5.15. The number of hydrogen-bond donors (Lipinski definition) is 0. The molecule has 0 amide bonds. The Labute approximate surface area is 54.6 Å². The Balaban J connectivity index is 0. The van der Waals surface area contributed by atoms with Gasteiger partial charge < -0.3 is 19.8 Å². The molecule has 1 radical (unpaired) electrons. The SMILES string of the molecule is O=C([O-])C(=O)[O-].[Ag+2]. The molecule has 0 spiro atoms. The molecule has 0 heterocycles. The van der Waals surface area contributed by atoms with Crippen LogP contribution >= 0.6 is 0 Å². The summed E-state index contributed by atoms with van der Waals surface area (Å²) < 4.78 is 0. The first-order chi connectivity index (χ1) is 2.64. The molecule has 7 heavy (non-hydrogen) atoms. The fourth-order valence-electron chi connectivity index (χ4n) is 0. The van der Waals surface area contributed by atoms with Crippen LogP contribution in [0.15, 0.2) is 0 Å². The van der Waals surface area contributed by atoms with Gasteiger partial charge in [0.05, 0.1) is 11.9 Å². The molecule has 0 aromatic heterocycles. The third kappa shape index (κ3) is 5.68. The van der Waals surface area contributed by atoms with Crippen molar-refractivity contribution in [2.45, 2.75) is 0 Å². The molecule has 0 fully saturated rings. The Morgan fingerprint density at radius 2 is 1.14 bits per heavy atom. The fraction of sp³-hybridized carbons (Fsp3) is 0. The molecule has 0 saturated heterocycles. The maximum atomic E-state index is 8.93. The van der Waals surface area contributed by atoms with Crippen LogP contribution in [-0.4, -0.2) is 11.9 Å². The van der Waals surface area contributed by atoms with Crippen molar-refractivity contribution in [2.24, 2.45) is 0 Å². The van der Waals surface area contributed by atoms with Crippen molar-refractivity contribution in [3.05, 3.63) is 0 Å². The molecule has 0 saturated carbocycles. The predicted octanol–water partition coefficient (Wildman–Crippen LogP) is -3.52. The molecule has 0 aromatic rings. The van der Waals surface area contributed by atoms with Crippen LogP contribution < -0.4 is 10.2 Å². The summed E-state index contributed by atoms with van der Waals surface area (Å²) in [7, 11) is 0. The second kappa shape index (κ2) is 3.86.